The molecule has 0 bridgehead atoms. The Kier molecular flexibility index (Phi) is 7.16. The minimum absolute atomic E-state index is 0.0224. The molecule has 0 fully saturated rings. The van der Waals surface area contributed by atoms with E-state index >= 15 is 0 Å². The number of nitrogens with zero attached hydrogens (tertiary/aromatic N) is 1. The highest BCUT2D eigenvalue weighted by atomic mass is 16.3. The highest BCUT2D eigenvalue weighted by Crippen LogP contribution is 2.20. The fraction of sp³-hybridized carbons (Fsp3) is 0.381. The van der Waals surface area contributed by atoms with Gasteiger partial charge in [0.05, 0.1) is 6.10 Å². The molecule has 0 saturated heterocycles. The van der Waals surface area contributed by atoms with E-state index in [1.165, 1.54) is 0 Å². The Hall–Kier alpha value is -1.97. The summed E-state index contributed by atoms with van der Waals surface area (Å²) in [5.74, 6) is -0.0224. The van der Waals surface area contributed by atoms with Gasteiger partial charge < -0.3 is 15.4 Å². The van der Waals surface area contributed by atoms with E-state index in [-0.39, 0.29) is 12.0 Å². The molecule has 2 unspecified atom stereocenters. The highest BCUT2D eigenvalue weighted by molar-refractivity contribution is 5.98. The molecule has 0 aliphatic heterocycles. The van der Waals surface area contributed by atoms with Gasteiger partial charge in [0.1, 0.15) is 0 Å². The molecular weight excluding hydrogens is 296 g/mol. The Labute approximate surface area is 145 Å². The van der Waals surface area contributed by atoms with Gasteiger partial charge in [-0.3, -0.25) is 0 Å². The third-order valence-electron chi connectivity index (χ3n) is 4.36. The first kappa shape index (κ1) is 18.4. The predicted molar refractivity (Wildman–Crippen MR) is 102 cm³/mol. The molecule has 2 rings (SSSR count). The second-order valence-corrected chi connectivity index (χ2v) is 6.17. The largest absolute Gasteiger partial charge is 0.391 e. The summed E-state index contributed by atoms with van der Waals surface area (Å²) >= 11 is 0. The van der Waals surface area contributed by atoms with Gasteiger partial charge in [-0.25, -0.2) is 0 Å². The highest BCUT2D eigenvalue weighted by Gasteiger charge is 2.15. The number of aliphatic hydroxyl groups excluding tert-OH is 1. The second kappa shape index (κ2) is 9.36. The lowest BCUT2D eigenvalue weighted by Crippen LogP contribution is -2.32. The summed E-state index contributed by atoms with van der Waals surface area (Å²) in [6.45, 7) is 6.83. The number of hydrogen-bond donors (Lipinski definition) is 2. The number of aliphatic hydroxyl groups is 1. The van der Waals surface area contributed by atoms with Gasteiger partial charge in [-0.1, -0.05) is 68.5 Å². The first-order valence-electron chi connectivity index (χ1n) is 8.73. The average Bonchev–Trinajstić information content (AvgIpc) is 2.61. The van der Waals surface area contributed by atoms with Gasteiger partial charge in [-0.15, -0.1) is 0 Å². The molecule has 1 aromatic rings. The third kappa shape index (κ3) is 5.59. The van der Waals surface area contributed by atoms with Crippen molar-refractivity contribution in [3.05, 3.63) is 65.8 Å². The third-order valence-corrected chi connectivity index (χ3v) is 4.36. The molecule has 24 heavy (non-hydrogen) atoms. The molecule has 3 nitrogen and oxygen atoms in total. The summed E-state index contributed by atoms with van der Waals surface area (Å²) in [6.07, 6.45) is 10.3. The first-order valence-corrected chi connectivity index (χ1v) is 8.73. The molecule has 0 radical (unpaired) electrons. The Bertz CT molecular complexity index is 612. The van der Waals surface area contributed by atoms with Crippen molar-refractivity contribution in [1.29, 1.82) is 5.41 Å². The van der Waals surface area contributed by atoms with Crippen LogP contribution in [0.2, 0.25) is 0 Å². The van der Waals surface area contributed by atoms with E-state index < -0.39 is 0 Å². The molecule has 1 aliphatic rings. The van der Waals surface area contributed by atoms with Crippen molar-refractivity contribution < 1.29 is 5.11 Å². The van der Waals surface area contributed by atoms with Crippen LogP contribution in [-0.4, -0.2) is 41.5 Å². The van der Waals surface area contributed by atoms with Crippen molar-refractivity contribution in [3.8, 4) is 0 Å². The predicted octanol–water partition coefficient (Wildman–Crippen LogP) is 3.92. The topological polar surface area (TPSA) is 47.3 Å². The molecule has 1 aliphatic carbocycles. The van der Waals surface area contributed by atoms with Crippen molar-refractivity contribution in [1.82, 2.24) is 4.90 Å². The Balaban J connectivity index is 1.99. The van der Waals surface area contributed by atoms with Gasteiger partial charge in [-0.05, 0) is 36.7 Å². The van der Waals surface area contributed by atoms with Crippen LogP contribution in [0.4, 0.5) is 0 Å². The van der Waals surface area contributed by atoms with Crippen LogP contribution >= 0.6 is 0 Å². The molecule has 0 amide bonds. The molecule has 1 aromatic carbocycles. The van der Waals surface area contributed by atoms with Gasteiger partial charge in [0.2, 0.25) is 0 Å². The van der Waals surface area contributed by atoms with E-state index in [0.29, 0.717) is 18.7 Å². The fourth-order valence-corrected chi connectivity index (χ4v) is 2.87. The normalized spacial score (nSPS) is 19.1. The average molecular weight is 324 g/mol. The Morgan fingerprint density at radius 2 is 1.88 bits per heavy atom. The lowest BCUT2D eigenvalue weighted by molar-refractivity contribution is 0.119. The molecule has 128 valence electrons. The number of allylic oxidation sites excluding steroid dienone is 4. The zero-order chi connectivity index (χ0) is 17.4. The fourth-order valence-electron chi connectivity index (χ4n) is 2.87. The molecule has 2 atom stereocenters. The van der Waals surface area contributed by atoms with Crippen molar-refractivity contribution in [2.75, 3.05) is 19.6 Å². The van der Waals surface area contributed by atoms with Crippen LogP contribution in [0, 0.1) is 11.3 Å². The number of benzene rings is 1. The summed E-state index contributed by atoms with van der Waals surface area (Å²) in [6, 6.07) is 10.1. The van der Waals surface area contributed by atoms with Crippen molar-refractivity contribution in [2.45, 2.75) is 26.4 Å². The summed E-state index contributed by atoms with van der Waals surface area (Å²) in [4.78, 5) is 2.23. The number of nitrogens with one attached hydrogen (secondary N) is 1. The lowest BCUT2D eigenvalue weighted by atomic mass is 9.91. The summed E-state index contributed by atoms with van der Waals surface area (Å²) in [7, 11) is 0. The first-order chi connectivity index (χ1) is 11.6. The molecule has 0 aromatic heterocycles. The molecule has 0 heterocycles. The second-order valence-electron chi connectivity index (χ2n) is 6.17. The zero-order valence-electron chi connectivity index (χ0n) is 14.7. The van der Waals surface area contributed by atoms with Crippen LogP contribution in [-0.2, 0) is 0 Å². The summed E-state index contributed by atoms with van der Waals surface area (Å²) in [5.41, 5.74) is 2.83. The van der Waals surface area contributed by atoms with Crippen LogP contribution in [0.25, 0.3) is 6.08 Å². The molecule has 0 spiro atoms. The maximum absolute atomic E-state index is 10.3. The van der Waals surface area contributed by atoms with Gasteiger partial charge >= 0.3 is 0 Å². The smallest absolute Gasteiger partial charge is 0.0707 e. The summed E-state index contributed by atoms with van der Waals surface area (Å²) < 4.78 is 0. The van der Waals surface area contributed by atoms with Gasteiger partial charge in [0.15, 0.2) is 0 Å². The van der Waals surface area contributed by atoms with Gasteiger partial charge in [-0.2, -0.15) is 0 Å². The standard InChI is InChI=1S/C21H28N2O/c1-3-23(4-2)16-20(24)15-18-11-13-21(22)19(14-18)12-10-17-8-6-5-7-9-17/h5-14,19-20,22,24H,3-4,15-16H2,1-2H3. The van der Waals surface area contributed by atoms with Gasteiger partial charge in [0.25, 0.3) is 0 Å². The molecule has 2 N–H and O–H groups in total. The maximum atomic E-state index is 10.3. The van der Waals surface area contributed by atoms with E-state index in [9.17, 15) is 5.11 Å². The quantitative estimate of drug-likeness (QED) is 0.761. The van der Waals surface area contributed by atoms with Crippen LogP contribution in [0.1, 0.15) is 25.8 Å². The lowest BCUT2D eigenvalue weighted by Gasteiger charge is -2.23. The van der Waals surface area contributed by atoms with Crippen LogP contribution in [0.5, 0.6) is 0 Å². The van der Waals surface area contributed by atoms with E-state index in [1.54, 1.807) is 0 Å². The molecular formula is C21H28N2O. The van der Waals surface area contributed by atoms with Crippen LogP contribution in [0.3, 0.4) is 0 Å². The monoisotopic (exact) mass is 324 g/mol. The molecule has 0 saturated carbocycles. The van der Waals surface area contributed by atoms with Crippen molar-refractivity contribution >= 4 is 11.8 Å². The van der Waals surface area contributed by atoms with E-state index in [0.717, 1.165) is 24.2 Å². The number of rotatable bonds is 8. The number of hydrogen-bond acceptors (Lipinski definition) is 3. The van der Waals surface area contributed by atoms with E-state index in [2.05, 4.69) is 49.1 Å². The van der Waals surface area contributed by atoms with E-state index in [1.807, 2.05) is 30.4 Å². The Morgan fingerprint density at radius 3 is 2.54 bits per heavy atom. The minimum atomic E-state index is -0.369. The van der Waals surface area contributed by atoms with E-state index in [4.69, 9.17) is 5.41 Å². The zero-order valence-corrected chi connectivity index (χ0v) is 14.7. The molecule has 3 heteroatoms. The maximum Gasteiger partial charge on any atom is 0.0707 e. The Morgan fingerprint density at radius 1 is 1.17 bits per heavy atom. The van der Waals surface area contributed by atoms with Crippen LogP contribution in [0.15, 0.2) is 60.2 Å². The summed E-state index contributed by atoms with van der Waals surface area (Å²) in [5, 5.41) is 18.4. The van der Waals surface area contributed by atoms with Crippen molar-refractivity contribution in [2.24, 2.45) is 5.92 Å². The number of likely N-dealkylation sites (N-methyl/N-ethyl adjacent to an activating group) is 1. The minimum Gasteiger partial charge on any atom is -0.391 e. The SMILES string of the molecule is CCN(CC)CC(O)CC1=CC(C=Cc2ccccc2)C(=N)C=C1. The van der Waals surface area contributed by atoms with Crippen LogP contribution < -0.4 is 0 Å². The van der Waals surface area contributed by atoms with Crippen molar-refractivity contribution in [3.63, 3.8) is 0 Å². The van der Waals surface area contributed by atoms with Gasteiger partial charge in [0, 0.05) is 18.2 Å².